The molecule has 0 bridgehead atoms. The molecule has 1 aromatic heterocycles. The van der Waals surface area contributed by atoms with E-state index in [-0.39, 0.29) is 17.8 Å². The first-order valence-corrected chi connectivity index (χ1v) is 2.77. The first-order valence-electron chi connectivity index (χ1n) is 2.77. The molecule has 64 valence electrons. The Morgan fingerprint density at radius 3 is 1.33 bits per heavy atom. The SMILES string of the molecule is C=C=O.Nc1nc(N)nc(N)n1. The minimum absolute atomic E-state index is 0.0417. The first-order chi connectivity index (χ1) is 5.60. The Labute approximate surface area is 68.3 Å². The van der Waals surface area contributed by atoms with Crippen molar-refractivity contribution in [3.8, 4) is 0 Å². The first kappa shape index (κ1) is 9.86. The Bertz CT molecular complexity index is 242. The van der Waals surface area contributed by atoms with Gasteiger partial charge < -0.3 is 17.2 Å². The van der Waals surface area contributed by atoms with Gasteiger partial charge >= 0.3 is 0 Å². The van der Waals surface area contributed by atoms with Crippen molar-refractivity contribution in [3.63, 3.8) is 0 Å². The summed E-state index contributed by atoms with van der Waals surface area (Å²) in [6, 6.07) is 0. The predicted octanol–water partition coefficient (Wildman–Crippen LogP) is -1.38. The molecule has 0 aliphatic carbocycles. The third-order valence-electron chi connectivity index (χ3n) is 0.687. The summed E-state index contributed by atoms with van der Waals surface area (Å²) in [5.74, 6) is 1.38. The lowest BCUT2D eigenvalue weighted by atomic mass is 10.9. The molecule has 12 heavy (non-hydrogen) atoms. The summed E-state index contributed by atoms with van der Waals surface area (Å²) in [6.07, 6.45) is 0. The van der Waals surface area contributed by atoms with Crippen LogP contribution in [0.15, 0.2) is 6.58 Å². The van der Waals surface area contributed by atoms with E-state index in [1.54, 1.807) is 0 Å². The smallest absolute Gasteiger partial charge is 0.226 e. The number of hydrogen-bond donors (Lipinski definition) is 3. The van der Waals surface area contributed by atoms with Gasteiger partial charge in [-0.05, 0) is 6.58 Å². The van der Waals surface area contributed by atoms with Crippen molar-refractivity contribution in [1.82, 2.24) is 15.0 Å². The summed E-state index contributed by atoms with van der Waals surface area (Å²) < 4.78 is 0. The van der Waals surface area contributed by atoms with Crippen LogP contribution in [0.25, 0.3) is 0 Å². The van der Waals surface area contributed by atoms with Crippen molar-refractivity contribution >= 4 is 23.8 Å². The predicted molar refractivity (Wildman–Crippen MR) is 44.4 cm³/mol. The van der Waals surface area contributed by atoms with E-state index in [4.69, 9.17) is 22.0 Å². The van der Waals surface area contributed by atoms with E-state index in [0.29, 0.717) is 0 Å². The lowest BCUT2D eigenvalue weighted by Crippen LogP contribution is -2.05. The Balaban J connectivity index is 0.000000354. The summed E-state index contributed by atoms with van der Waals surface area (Å²) in [5.41, 5.74) is 15.4. The number of nitrogen functional groups attached to an aromatic ring is 3. The molecular weight excluding hydrogens is 160 g/mol. The molecule has 0 aromatic carbocycles. The largest absolute Gasteiger partial charge is 0.368 e. The second-order valence-corrected chi connectivity index (χ2v) is 1.55. The van der Waals surface area contributed by atoms with Gasteiger partial charge in [0.1, 0.15) is 5.94 Å². The van der Waals surface area contributed by atoms with Crippen molar-refractivity contribution in [2.45, 2.75) is 0 Å². The summed E-state index contributed by atoms with van der Waals surface area (Å²) in [6.45, 7) is 2.68. The fourth-order valence-corrected chi connectivity index (χ4v) is 0.427. The lowest BCUT2D eigenvalue weighted by Gasteiger charge is -1.93. The molecule has 7 heteroatoms. The zero-order valence-electron chi connectivity index (χ0n) is 6.19. The number of hydrogen-bond acceptors (Lipinski definition) is 7. The van der Waals surface area contributed by atoms with E-state index in [2.05, 4.69) is 21.5 Å². The summed E-state index contributed by atoms with van der Waals surface area (Å²) in [7, 11) is 0. The molecule has 0 unspecified atom stereocenters. The Kier molecular flexibility index (Phi) is 3.81. The number of aromatic nitrogens is 3. The van der Waals surface area contributed by atoms with Crippen LogP contribution in [-0.4, -0.2) is 20.9 Å². The maximum atomic E-state index is 8.57. The highest BCUT2D eigenvalue weighted by molar-refractivity contribution is 5.38. The van der Waals surface area contributed by atoms with Crippen LogP contribution in [0.3, 0.4) is 0 Å². The number of carbonyl (C=O) groups excluding carboxylic acids is 1. The number of rotatable bonds is 0. The van der Waals surface area contributed by atoms with Gasteiger partial charge in [0.15, 0.2) is 0 Å². The molecule has 0 aliphatic rings. The number of nitrogens with two attached hydrogens (primary N) is 3. The normalized spacial score (nSPS) is 7.67. The highest BCUT2D eigenvalue weighted by Gasteiger charge is 1.93. The molecule has 1 rings (SSSR count). The van der Waals surface area contributed by atoms with Gasteiger partial charge in [0.2, 0.25) is 17.8 Å². The average Bonchev–Trinajstić information content (AvgIpc) is 1.84. The number of anilines is 3. The van der Waals surface area contributed by atoms with Crippen LogP contribution < -0.4 is 17.2 Å². The van der Waals surface area contributed by atoms with Crippen molar-refractivity contribution in [2.75, 3.05) is 17.2 Å². The molecule has 0 saturated carbocycles. The van der Waals surface area contributed by atoms with E-state index < -0.39 is 0 Å². The second kappa shape index (κ2) is 4.64. The molecule has 7 nitrogen and oxygen atoms in total. The molecule has 6 N–H and O–H groups in total. The molecule has 0 aliphatic heterocycles. The Morgan fingerprint density at radius 1 is 1.00 bits per heavy atom. The molecule has 1 aromatic rings. The van der Waals surface area contributed by atoms with Crippen LogP contribution in [-0.2, 0) is 4.79 Å². The molecule has 0 amide bonds. The van der Waals surface area contributed by atoms with Gasteiger partial charge in [-0.1, -0.05) is 0 Å². The zero-order valence-corrected chi connectivity index (χ0v) is 6.19. The van der Waals surface area contributed by atoms with Crippen LogP contribution in [0.4, 0.5) is 17.8 Å². The minimum atomic E-state index is 0.0417. The van der Waals surface area contributed by atoms with Crippen LogP contribution in [0.5, 0.6) is 0 Å². The van der Waals surface area contributed by atoms with E-state index in [0.717, 1.165) is 0 Å². The topological polar surface area (TPSA) is 134 Å². The molecule has 0 saturated heterocycles. The maximum Gasteiger partial charge on any atom is 0.226 e. The molecular formula is C5H8N6O. The van der Waals surface area contributed by atoms with Crippen molar-refractivity contribution in [2.24, 2.45) is 0 Å². The van der Waals surface area contributed by atoms with Gasteiger partial charge in [0.05, 0.1) is 0 Å². The van der Waals surface area contributed by atoms with Gasteiger partial charge in [-0.2, -0.15) is 15.0 Å². The van der Waals surface area contributed by atoms with E-state index in [1.807, 2.05) is 0 Å². The summed E-state index contributed by atoms with van der Waals surface area (Å²) in [5, 5.41) is 0. The highest BCUT2D eigenvalue weighted by Crippen LogP contribution is 1.97. The fourth-order valence-electron chi connectivity index (χ4n) is 0.427. The number of nitrogens with zero attached hydrogens (tertiary/aromatic N) is 3. The van der Waals surface area contributed by atoms with Crippen LogP contribution >= 0.6 is 0 Å². The van der Waals surface area contributed by atoms with E-state index in [9.17, 15) is 0 Å². The Hall–Kier alpha value is -2.14. The van der Waals surface area contributed by atoms with Crippen molar-refractivity contribution in [3.05, 3.63) is 6.58 Å². The van der Waals surface area contributed by atoms with E-state index >= 15 is 0 Å². The third kappa shape index (κ3) is 3.80. The molecule has 0 radical (unpaired) electrons. The molecule has 0 atom stereocenters. The average molecular weight is 168 g/mol. The van der Waals surface area contributed by atoms with Gasteiger partial charge in [-0.3, -0.25) is 0 Å². The fraction of sp³-hybridized carbons (Fsp3) is 0. The Morgan fingerprint density at radius 2 is 1.17 bits per heavy atom. The molecule has 1 heterocycles. The van der Waals surface area contributed by atoms with Crippen LogP contribution in [0.1, 0.15) is 0 Å². The van der Waals surface area contributed by atoms with Crippen molar-refractivity contribution in [1.29, 1.82) is 0 Å². The minimum Gasteiger partial charge on any atom is -0.368 e. The molecule has 0 spiro atoms. The summed E-state index contributed by atoms with van der Waals surface area (Å²) in [4.78, 5) is 19.0. The quantitative estimate of drug-likeness (QED) is 0.406. The standard InChI is InChI=1S/C3H6N6.C2H2O/c4-1-7-2(5)9-3(6)8-1;1-2-3/h(H6,4,5,6,7,8,9);1H2. The van der Waals surface area contributed by atoms with Crippen molar-refractivity contribution < 1.29 is 4.79 Å². The zero-order chi connectivity index (χ0) is 9.56. The van der Waals surface area contributed by atoms with Gasteiger partial charge in [-0.15, -0.1) is 0 Å². The van der Waals surface area contributed by atoms with Crippen LogP contribution in [0, 0.1) is 0 Å². The highest BCUT2D eigenvalue weighted by atomic mass is 16.1. The van der Waals surface area contributed by atoms with Gasteiger partial charge in [-0.25, -0.2) is 4.79 Å². The van der Waals surface area contributed by atoms with Crippen LogP contribution in [0.2, 0.25) is 0 Å². The second-order valence-electron chi connectivity index (χ2n) is 1.55. The molecule has 0 fully saturated rings. The lowest BCUT2D eigenvalue weighted by molar-refractivity contribution is 0.569. The van der Waals surface area contributed by atoms with E-state index in [1.165, 1.54) is 5.94 Å². The maximum absolute atomic E-state index is 8.57. The third-order valence-corrected chi connectivity index (χ3v) is 0.687. The monoisotopic (exact) mass is 168 g/mol. The summed E-state index contributed by atoms with van der Waals surface area (Å²) >= 11 is 0. The van der Waals surface area contributed by atoms with Gasteiger partial charge in [0, 0.05) is 0 Å². The van der Waals surface area contributed by atoms with Gasteiger partial charge in [0.25, 0.3) is 0 Å².